The van der Waals surface area contributed by atoms with E-state index >= 15 is 0 Å². The van der Waals surface area contributed by atoms with Gasteiger partial charge in [-0.3, -0.25) is 19.4 Å². The number of rotatable bonds is 37. The van der Waals surface area contributed by atoms with E-state index in [0.717, 1.165) is 61.0 Å². The van der Waals surface area contributed by atoms with Gasteiger partial charge in [0.15, 0.2) is 23.8 Å². The van der Waals surface area contributed by atoms with Gasteiger partial charge < -0.3 is 78.1 Å². The Kier molecular flexibility index (Phi) is 30.8. The zero-order valence-electron chi connectivity index (χ0n) is 68.9. The van der Waals surface area contributed by atoms with E-state index in [9.17, 15) is 36.0 Å². The van der Waals surface area contributed by atoms with Gasteiger partial charge in [-0.2, -0.15) is 0 Å². The van der Waals surface area contributed by atoms with Crippen LogP contribution in [0.25, 0.3) is 0 Å². The maximum Gasteiger partial charge on any atom is 0.407 e. The van der Waals surface area contributed by atoms with E-state index in [1.54, 1.807) is 85.9 Å². The molecule has 0 spiro atoms. The van der Waals surface area contributed by atoms with E-state index in [1.165, 1.54) is 24.3 Å². The third kappa shape index (κ3) is 25.5. The number of amides is 4. The van der Waals surface area contributed by atoms with E-state index < -0.39 is 103 Å². The zero-order chi connectivity index (χ0) is 85.9. The smallest absolute Gasteiger partial charge is 0.407 e. The van der Waals surface area contributed by atoms with Gasteiger partial charge in [0.25, 0.3) is 11.8 Å². The molecule has 2 aromatic heterocycles. The van der Waals surface area contributed by atoms with Crippen molar-refractivity contribution in [1.29, 1.82) is 0 Å². The number of alkyl carbamates (subject to hydrolysis) is 2. The van der Waals surface area contributed by atoms with Crippen molar-refractivity contribution in [2.75, 3.05) is 92.1 Å². The Morgan fingerprint density at radius 1 is 0.517 bits per heavy atom. The molecule has 6 heterocycles. The fourth-order valence-corrected chi connectivity index (χ4v) is 18.5. The molecule has 34 nitrogen and oxygen atoms in total. The van der Waals surface area contributed by atoms with Crippen LogP contribution >= 0.6 is 46.4 Å². The van der Waals surface area contributed by atoms with Crippen LogP contribution in [0.4, 0.5) is 9.59 Å². The summed E-state index contributed by atoms with van der Waals surface area (Å²) in [6.45, 7) is 22.3. The van der Waals surface area contributed by atoms with Crippen LogP contribution in [0.5, 0.6) is 11.5 Å². The molecule has 40 heteroatoms. The van der Waals surface area contributed by atoms with E-state index in [4.69, 9.17) is 103 Å². The Bertz CT molecular complexity index is 4460. The molecule has 2 aliphatic carbocycles. The van der Waals surface area contributed by atoms with Crippen molar-refractivity contribution < 1.29 is 92.9 Å². The van der Waals surface area contributed by atoms with Crippen molar-refractivity contribution in [1.82, 2.24) is 70.5 Å². The predicted molar refractivity (Wildman–Crippen MR) is 440 cm³/mol. The predicted octanol–water partition coefficient (Wildman–Crippen LogP) is 8.55. The molecule has 6 aromatic rings. The summed E-state index contributed by atoms with van der Waals surface area (Å²) in [7, 11) is -7.82. The molecule has 12 rings (SSSR count). The largest absolute Gasteiger partial charge is 0.484 e. The minimum Gasteiger partial charge on any atom is -0.484 e. The highest BCUT2D eigenvalue weighted by Gasteiger charge is 2.58. The fraction of sp³-hybridized carbons (Fsp3) is 0.600. The molecule has 0 radical (unpaired) electrons. The normalized spacial score (nSPS) is 23.1. The van der Waals surface area contributed by atoms with Crippen molar-refractivity contribution >= 4 is 90.5 Å². The van der Waals surface area contributed by atoms with Gasteiger partial charge in [0, 0.05) is 69.5 Å². The second-order valence-corrected chi connectivity index (χ2v) is 38.3. The molecule has 6 N–H and O–H groups in total. The Hall–Kier alpha value is -7.18. The third-order valence-corrected chi connectivity index (χ3v) is 24.6. The van der Waals surface area contributed by atoms with E-state index in [2.05, 4.69) is 61.1 Å². The first-order valence-electron chi connectivity index (χ1n) is 40.2. The average molecular weight is 1790 g/mol. The number of likely N-dealkylation sites (tertiary alicyclic amines) is 2. The summed E-state index contributed by atoms with van der Waals surface area (Å²) in [6, 6.07) is 19.0. The number of piperidine rings is 2. The number of fused-ring (bicyclic) bond motifs is 2. The fourth-order valence-electron chi connectivity index (χ4n) is 15.3. The molecule has 658 valence electrons. The Morgan fingerprint density at radius 2 is 0.892 bits per heavy atom. The van der Waals surface area contributed by atoms with Crippen molar-refractivity contribution in [3.05, 3.63) is 139 Å². The van der Waals surface area contributed by atoms with Gasteiger partial charge in [0.05, 0.1) is 113 Å². The highest BCUT2D eigenvalue weighted by atomic mass is 35.5. The topological polar surface area (TPSA) is 387 Å². The molecule has 0 saturated carbocycles. The number of benzene rings is 4. The molecule has 120 heavy (non-hydrogen) atoms. The summed E-state index contributed by atoms with van der Waals surface area (Å²) in [5.74, 6) is -2.69. The van der Waals surface area contributed by atoms with Gasteiger partial charge in [-0.15, -0.1) is 10.2 Å². The molecule has 6 aliphatic rings. The molecule has 4 aromatic carbocycles. The van der Waals surface area contributed by atoms with Crippen LogP contribution in [0.2, 0.25) is 20.1 Å². The molecular weight excluding hydrogens is 1680 g/mol. The molecule has 4 saturated heterocycles. The van der Waals surface area contributed by atoms with E-state index in [1.807, 2.05) is 53.7 Å². The summed E-state index contributed by atoms with van der Waals surface area (Å²) in [4.78, 5) is 57.9. The average Bonchev–Trinajstić information content (AvgIpc) is 1.67. The highest BCUT2D eigenvalue weighted by molar-refractivity contribution is 7.89. The standard InChI is InChI=1S/C80H108Cl4N14O20S2/c1-77(2,3)117-75(101)89-51-13-11-25-95(45-51)65-41-59-61(37-49(81)39-63(59)83)67(65)111-55-15-19-57(20-16-55)119(103,104)87-23-29-107-33-35-109-31-27-97-47-53(91-93-97)43-85-73(99)71-69(113-79(7,8)115-71)70-72(116-80(9,10)114-70)74(100)86-44-54-48-98(94-92-54)28-32-110-36-34-108-30-24-88-120(105,106)58-21-17-56(18-22-58)112-68-62-38-50(82)40-64(84)60(62)42-66(68)96-26-12-14-52(46-96)90-76(102)118-78(4,5)6/h15-22,37-40,47-48,51-52,65-72,87-88H,11-14,23-36,41-46H2,1-10H3,(H,85,99)(H,86,100)(H,89,101)(H,90,102)/t51-,52-,65+,66+,67+,68+,69-,70+,71+,72-/m1/s1. The number of nitrogens with one attached hydrogen (secondary N) is 6. The second kappa shape index (κ2) is 40.2. The van der Waals surface area contributed by atoms with Crippen molar-refractivity contribution in [3.8, 4) is 11.5 Å². The molecular formula is C80H108Cl4N14O20S2. The first-order chi connectivity index (χ1) is 56.9. The maximum absolute atomic E-state index is 13.9. The van der Waals surface area contributed by atoms with Crippen LogP contribution < -0.4 is 40.2 Å². The molecule has 4 fully saturated rings. The first kappa shape index (κ1) is 92.0. The molecule has 4 amide bonds. The van der Waals surface area contributed by atoms with Crippen LogP contribution in [0.1, 0.15) is 141 Å². The van der Waals surface area contributed by atoms with Crippen molar-refractivity contribution in [3.63, 3.8) is 0 Å². The Balaban J connectivity index is 0.510. The molecule has 10 atom stereocenters. The lowest BCUT2D eigenvalue weighted by molar-refractivity contribution is -0.175. The SMILES string of the molecule is CC(C)(C)OC(=O)N[C@@H]1CCCN([C@H]2Cc3c(Cl)cc(Cl)cc3[C@@H]2Oc2ccc(S(=O)(=O)NCCOCCOCCn3cc(CNC(=O)[C@H]4OC(C)(C)O[C@@H]4[C@@H]4OC(C)(C)O[C@H]4C(=O)NCc4cn(CCOCCOCCNS(=O)(=O)c5ccc(O[C@H]6c7cc(Cl)cc(Cl)c7C[C@@H]6N6CCC[C@@H](NC(=O)OC(C)(C)C)C6)cc5)nn4)nn3)cc2)C1. The number of hydrogen-bond donors (Lipinski definition) is 6. The van der Waals surface area contributed by atoms with Crippen LogP contribution in [0, 0.1) is 0 Å². The van der Waals surface area contributed by atoms with Crippen LogP contribution in [-0.4, -0.2) is 244 Å². The van der Waals surface area contributed by atoms with Gasteiger partial charge in [-0.1, -0.05) is 56.8 Å². The maximum atomic E-state index is 13.9. The number of aromatic nitrogens is 6. The monoisotopic (exact) mass is 1790 g/mol. The summed E-state index contributed by atoms with van der Waals surface area (Å²) < 4.78 is 134. The molecule has 4 aliphatic heterocycles. The second-order valence-electron chi connectivity index (χ2n) is 33.1. The van der Waals surface area contributed by atoms with Gasteiger partial charge in [0.2, 0.25) is 20.0 Å². The minimum absolute atomic E-state index is 0.00604. The highest BCUT2D eigenvalue weighted by Crippen LogP contribution is 2.46. The number of halogens is 4. The minimum atomic E-state index is -3.91. The lowest BCUT2D eigenvalue weighted by Crippen LogP contribution is -2.53. The number of ether oxygens (including phenoxy) is 12. The summed E-state index contributed by atoms with van der Waals surface area (Å²) in [5.41, 5.74) is 3.17. The van der Waals surface area contributed by atoms with Crippen LogP contribution in [-0.2, 0) is 116 Å². The lowest BCUT2D eigenvalue weighted by atomic mass is 10.0. The zero-order valence-corrected chi connectivity index (χ0v) is 73.6. The Labute approximate surface area is 719 Å². The van der Waals surface area contributed by atoms with Crippen molar-refractivity contribution in [2.45, 2.75) is 227 Å². The summed E-state index contributed by atoms with van der Waals surface area (Å²) in [6.07, 6.45) is 1.24. The van der Waals surface area contributed by atoms with Crippen molar-refractivity contribution in [2.24, 2.45) is 0 Å². The third-order valence-electron chi connectivity index (χ3n) is 20.5. The molecule has 0 bridgehead atoms. The number of carbonyl (C=O) groups excluding carboxylic acids is 4. The van der Waals surface area contributed by atoms with E-state index in [-0.39, 0.29) is 113 Å². The van der Waals surface area contributed by atoms with Crippen LogP contribution in [0.3, 0.4) is 0 Å². The number of nitrogens with zero attached hydrogens (tertiary/aromatic N) is 8. The first-order valence-corrected chi connectivity index (χ1v) is 44.7. The molecule has 0 unspecified atom stereocenters. The number of sulfonamides is 2. The number of carbonyl (C=O) groups is 4. The Morgan fingerprint density at radius 3 is 1.27 bits per heavy atom. The van der Waals surface area contributed by atoms with Gasteiger partial charge in [-0.25, -0.2) is 45.2 Å². The van der Waals surface area contributed by atoms with Gasteiger partial charge in [-0.05, 0) is 205 Å². The van der Waals surface area contributed by atoms with E-state index in [0.29, 0.717) is 82.0 Å². The summed E-state index contributed by atoms with van der Waals surface area (Å²) >= 11 is 26.5. The van der Waals surface area contributed by atoms with Crippen LogP contribution in [0.15, 0.2) is 95.0 Å². The quantitative estimate of drug-likeness (QED) is 0.0199. The van der Waals surface area contributed by atoms with Gasteiger partial charge >= 0.3 is 12.2 Å². The summed E-state index contributed by atoms with van der Waals surface area (Å²) in [5, 5.41) is 30.5. The lowest BCUT2D eigenvalue weighted by Gasteiger charge is -2.39. The van der Waals surface area contributed by atoms with Gasteiger partial charge in [0.1, 0.15) is 58.5 Å². The number of hydrogen-bond acceptors (Lipinski definition) is 26.